The van der Waals surface area contributed by atoms with E-state index in [1.165, 1.54) is 21.6 Å². The van der Waals surface area contributed by atoms with Crippen LogP contribution in [0.2, 0.25) is 0 Å². The highest BCUT2D eigenvalue weighted by Gasteiger charge is 2.38. The molecule has 2 amide bonds. The molecule has 3 aromatic rings. The van der Waals surface area contributed by atoms with Gasteiger partial charge < -0.3 is 24.2 Å². The number of ether oxygens (including phenoxy) is 1. The second kappa shape index (κ2) is 10.9. The number of carbonyl (C=O) groups excluding carboxylic acids is 2. The van der Waals surface area contributed by atoms with E-state index >= 15 is 0 Å². The summed E-state index contributed by atoms with van der Waals surface area (Å²) in [6.07, 6.45) is 1.20. The molecule has 0 saturated carbocycles. The fraction of sp³-hybridized carbons (Fsp3) is 0.333. The lowest BCUT2D eigenvalue weighted by Gasteiger charge is -2.33. The molecule has 1 aromatic heterocycles. The lowest BCUT2D eigenvalue weighted by atomic mass is 10.1. The predicted octanol–water partition coefficient (Wildman–Crippen LogP) is 1.62. The van der Waals surface area contributed by atoms with Crippen LogP contribution in [-0.2, 0) is 21.2 Å². The Morgan fingerprint density at radius 1 is 1.00 bits per heavy atom. The van der Waals surface area contributed by atoms with E-state index in [4.69, 9.17) is 4.74 Å². The van der Waals surface area contributed by atoms with Crippen molar-refractivity contribution in [1.82, 2.24) is 19.4 Å². The van der Waals surface area contributed by atoms with Crippen molar-refractivity contribution in [3.8, 4) is 11.5 Å². The molecule has 5 rings (SSSR count). The van der Waals surface area contributed by atoms with Gasteiger partial charge in [-0.15, -0.1) is 0 Å². The highest BCUT2D eigenvalue weighted by Crippen LogP contribution is 2.33. The first-order valence-electron chi connectivity index (χ1n) is 12.6. The molecule has 2 aliphatic rings. The second-order valence-electron chi connectivity index (χ2n) is 9.40. The van der Waals surface area contributed by atoms with E-state index in [1.807, 2.05) is 6.07 Å². The van der Waals surface area contributed by atoms with Crippen molar-refractivity contribution >= 4 is 21.7 Å². The van der Waals surface area contributed by atoms with Crippen LogP contribution in [0.5, 0.6) is 11.5 Å². The summed E-state index contributed by atoms with van der Waals surface area (Å²) in [7, 11) is -3.64. The van der Waals surface area contributed by atoms with Gasteiger partial charge in [0.15, 0.2) is 22.1 Å². The predicted molar refractivity (Wildman–Crippen MR) is 140 cm³/mol. The van der Waals surface area contributed by atoms with Gasteiger partial charge in [-0.25, -0.2) is 8.42 Å². The number of aromatic nitrogens is 2. The molecule has 39 heavy (non-hydrogen) atoms. The number of sulfone groups is 1. The maximum absolute atomic E-state index is 13.4. The number of likely N-dealkylation sites (tertiary alicyclic amines) is 1. The van der Waals surface area contributed by atoms with Crippen molar-refractivity contribution in [3.63, 3.8) is 0 Å². The van der Waals surface area contributed by atoms with Gasteiger partial charge in [0.2, 0.25) is 5.75 Å². The molecule has 1 N–H and O–H groups in total. The van der Waals surface area contributed by atoms with Crippen molar-refractivity contribution in [3.05, 3.63) is 82.5 Å². The number of hydrogen-bond donors (Lipinski definition) is 1. The molecule has 1 unspecified atom stereocenters. The molecule has 204 valence electrons. The van der Waals surface area contributed by atoms with Gasteiger partial charge in [-0.1, -0.05) is 36.4 Å². The fourth-order valence-corrected chi connectivity index (χ4v) is 6.27. The number of amides is 2. The maximum Gasteiger partial charge on any atom is 0.315 e. The van der Waals surface area contributed by atoms with Crippen LogP contribution in [0.25, 0.3) is 0 Å². The van der Waals surface area contributed by atoms with Crippen molar-refractivity contribution in [1.29, 1.82) is 0 Å². The van der Waals surface area contributed by atoms with E-state index in [9.17, 15) is 27.9 Å². The molecule has 0 bridgehead atoms. The number of rotatable bonds is 8. The topological polar surface area (TPSA) is 139 Å². The van der Waals surface area contributed by atoms with Crippen molar-refractivity contribution < 1.29 is 27.9 Å². The molecule has 1 fully saturated rings. The molecule has 11 nitrogen and oxygen atoms in total. The lowest BCUT2D eigenvalue weighted by molar-refractivity contribution is -0.134. The summed E-state index contributed by atoms with van der Waals surface area (Å²) in [6.45, 7) is 0.474. The van der Waals surface area contributed by atoms with Crippen LogP contribution in [-0.4, -0.2) is 76.7 Å². The minimum absolute atomic E-state index is 0.105. The summed E-state index contributed by atoms with van der Waals surface area (Å²) >= 11 is 0. The maximum atomic E-state index is 13.4. The van der Waals surface area contributed by atoms with E-state index in [0.717, 1.165) is 0 Å². The summed E-state index contributed by atoms with van der Waals surface area (Å²) in [5.74, 6) is -1.26. The monoisotopic (exact) mass is 552 g/mol. The van der Waals surface area contributed by atoms with Gasteiger partial charge in [0.1, 0.15) is 11.6 Å². The Morgan fingerprint density at radius 2 is 1.69 bits per heavy atom. The second-order valence-corrected chi connectivity index (χ2v) is 11.5. The third-order valence-corrected chi connectivity index (χ3v) is 8.69. The zero-order valence-corrected chi connectivity index (χ0v) is 21.9. The molecule has 0 radical (unpaired) electrons. The Balaban J connectivity index is 1.36. The Morgan fingerprint density at radius 3 is 2.41 bits per heavy atom. The van der Waals surface area contributed by atoms with Gasteiger partial charge in [0.05, 0.1) is 16.7 Å². The number of carbonyl (C=O) groups is 2. The quantitative estimate of drug-likeness (QED) is 0.445. The van der Waals surface area contributed by atoms with E-state index in [2.05, 4.69) is 4.98 Å². The largest absolute Gasteiger partial charge is 0.501 e. The Labute approximate surface area is 225 Å². The van der Waals surface area contributed by atoms with E-state index in [0.29, 0.717) is 25.1 Å². The SMILES string of the molecule is O=C1c2c(O)c(=O)nc(C3CCCN3C(=O)COc3ccccc3)n2CCN1CCS(=O)(=O)c1ccccc1. The van der Waals surface area contributed by atoms with Crippen molar-refractivity contribution in [2.24, 2.45) is 0 Å². The minimum Gasteiger partial charge on any atom is -0.501 e. The van der Waals surface area contributed by atoms with Crippen LogP contribution >= 0.6 is 0 Å². The number of benzene rings is 2. The fourth-order valence-electron chi connectivity index (χ4n) is 5.00. The zero-order valence-electron chi connectivity index (χ0n) is 21.1. The van der Waals surface area contributed by atoms with Crippen LogP contribution in [0.1, 0.15) is 35.2 Å². The summed E-state index contributed by atoms with van der Waals surface area (Å²) in [5, 5.41) is 10.5. The van der Waals surface area contributed by atoms with E-state index in [1.54, 1.807) is 47.4 Å². The molecule has 3 heterocycles. The number of hydrogen-bond acceptors (Lipinski definition) is 8. The van der Waals surface area contributed by atoms with E-state index in [-0.39, 0.29) is 54.3 Å². The van der Waals surface area contributed by atoms with Crippen LogP contribution < -0.4 is 10.3 Å². The minimum atomic E-state index is -3.64. The average Bonchev–Trinajstić information content (AvgIpc) is 3.44. The summed E-state index contributed by atoms with van der Waals surface area (Å²) in [5.41, 5.74) is -1.21. The van der Waals surface area contributed by atoms with Crippen LogP contribution in [0.4, 0.5) is 0 Å². The van der Waals surface area contributed by atoms with Crippen LogP contribution in [0, 0.1) is 0 Å². The zero-order chi connectivity index (χ0) is 27.6. The lowest BCUT2D eigenvalue weighted by Crippen LogP contribution is -2.46. The Kier molecular flexibility index (Phi) is 7.38. The number of nitrogens with zero attached hydrogens (tertiary/aromatic N) is 4. The van der Waals surface area contributed by atoms with Gasteiger partial charge in [-0.2, -0.15) is 4.98 Å². The Hall–Kier alpha value is -4.19. The molecular formula is C27H28N4O7S. The van der Waals surface area contributed by atoms with Crippen LogP contribution in [0.15, 0.2) is 70.4 Å². The van der Waals surface area contributed by atoms with Gasteiger partial charge in [-0.3, -0.25) is 14.4 Å². The van der Waals surface area contributed by atoms with Gasteiger partial charge in [0, 0.05) is 26.2 Å². The number of fused-ring (bicyclic) bond motifs is 1. The Bertz CT molecular complexity index is 1540. The van der Waals surface area contributed by atoms with Gasteiger partial charge >= 0.3 is 5.56 Å². The first kappa shape index (κ1) is 26.4. The standard InChI is InChI=1S/C27H28N4O7S/c32-22(18-38-19-8-3-1-4-9-19)30-13-7-12-21(30)25-28-26(34)24(33)23-27(35)29(14-15-31(23)25)16-17-39(36,37)20-10-5-2-6-11-20/h1-6,8-11,21,33H,7,12-18H2. The molecular weight excluding hydrogens is 524 g/mol. The molecule has 1 saturated heterocycles. The van der Waals surface area contributed by atoms with E-state index < -0.39 is 33.1 Å². The third-order valence-electron chi connectivity index (χ3n) is 6.98. The first-order chi connectivity index (χ1) is 18.8. The molecule has 0 spiro atoms. The molecule has 2 aromatic carbocycles. The van der Waals surface area contributed by atoms with Crippen molar-refractivity contribution in [2.45, 2.75) is 30.3 Å². The summed E-state index contributed by atoms with van der Waals surface area (Å²) < 4.78 is 32.5. The van der Waals surface area contributed by atoms with Gasteiger partial charge in [-0.05, 0) is 37.1 Å². The molecule has 0 aliphatic carbocycles. The first-order valence-corrected chi connectivity index (χ1v) is 14.3. The summed E-state index contributed by atoms with van der Waals surface area (Å²) in [4.78, 5) is 46.2. The molecule has 12 heteroatoms. The number of para-hydroxylation sites is 1. The average molecular weight is 553 g/mol. The highest BCUT2D eigenvalue weighted by molar-refractivity contribution is 7.91. The highest BCUT2D eigenvalue weighted by atomic mass is 32.2. The van der Waals surface area contributed by atoms with Crippen LogP contribution in [0.3, 0.4) is 0 Å². The van der Waals surface area contributed by atoms with Gasteiger partial charge in [0.25, 0.3) is 11.8 Å². The number of aromatic hydroxyl groups is 1. The third kappa shape index (κ3) is 5.37. The normalized spacial score (nSPS) is 17.2. The smallest absolute Gasteiger partial charge is 0.315 e. The molecule has 1 atom stereocenters. The van der Waals surface area contributed by atoms with Crippen molar-refractivity contribution in [2.75, 3.05) is 32.0 Å². The molecule has 2 aliphatic heterocycles. The summed E-state index contributed by atoms with van der Waals surface area (Å²) in [6, 6.07) is 16.3.